The van der Waals surface area contributed by atoms with Crippen LogP contribution < -0.4 is 0 Å². The Balaban J connectivity index is 1.87. The molecule has 122 valence electrons. The van der Waals surface area contributed by atoms with Crippen molar-refractivity contribution in [2.75, 3.05) is 0 Å². The van der Waals surface area contributed by atoms with Crippen LogP contribution in [-0.2, 0) is 16.0 Å². The van der Waals surface area contributed by atoms with Crippen molar-refractivity contribution in [3.05, 3.63) is 70.9 Å². The summed E-state index contributed by atoms with van der Waals surface area (Å²) in [7, 11) is 0. The lowest BCUT2D eigenvalue weighted by Gasteiger charge is -2.13. The molecule has 0 radical (unpaired) electrons. The molecule has 3 aromatic rings. The molecule has 0 spiro atoms. The van der Waals surface area contributed by atoms with Gasteiger partial charge in [0.15, 0.2) is 0 Å². The first-order valence-electron chi connectivity index (χ1n) is 7.34. The molecule has 0 bridgehead atoms. The summed E-state index contributed by atoms with van der Waals surface area (Å²) >= 11 is 6.17. The van der Waals surface area contributed by atoms with Crippen LogP contribution in [0.25, 0.3) is 11.3 Å². The van der Waals surface area contributed by atoms with E-state index in [0.717, 1.165) is 16.8 Å². The molecule has 6 heteroatoms. The van der Waals surface area contributed by atoms with Crippen molar-refractivity contribution in [2.24, 2.45) is 0 Å². The Morgan fingerprint density at radius 1 is 1.21 bits per heavy atom. The van der Waals surface area contributed by atoms with E-state index in [4.69, 9.17) is 16.3 Å². The smallest absolute Gasteiger partial charge is 0.293 e. The van der Waals surface area contributed by atoms with Gasteiger partial charge in [0.25, 0.3) is 6.47 Å². The van der Waals surface area contributed by atoms with E-state index < -0.39 is 6.10 Å². The maximum Gasteiger partial charge on any atom is 0.293 e. The summed E-state index contributed by atoms with van der Waals surface area (Å²) in [6, 6.07) is 16.0. The van der Waals surface area contributed by atoms with Gasteiger partial charge in [0.2, 0.25) is 0 Å². The topological polar surface area (TPSA) is 75.2 Å². The number of aromatic nitrogens is 2. The van der Waals surface area contributed by atoms with Gasteiger partial charge >= 0.3 is 0 Å². The van der Waals surface area contributed by atoms with Gasteiger partial charge in [-0.3, -0.25) is 9.89 Å². The summed E-state index contributed by atoms with van der Waals surface area (Å²) in [6.45, 7) is 0.407. The van der Waals surface area contributed by atoms with Gasteiger partial charge < -0.3 is 9.84 Å². The second-order valence-electron chi connectivity index (χ2n) is 5.27. The quantitative estimate of drug-likeness (QED) is 0.666. The number of ether oxygens (including phenoxy) is 1. The van der Waals surface area contributed by atoms with Gasteiger partial charge in [0.05, 0.1) is 5.69 Å². The number of H-pyrrole nitrogens is 1. The molecule has 1 heterocycles. The molecule has 2 aromatic carbocycles. The predicted molar refractivity (Wildman–Crippen MR) is 90.7 cm³/mol. The minimum atomic E-state index is -0.551. The van der Waals surface area contributed by atoms with E-state index in [1.807, 2.05) is 24.3 Å². The molecule has 24 heavy (non-hydrogen) atoms. The number of carbonyl (C=O) groups excluding carboxylic acids is 1. The van der Waals surface area contributed by atoms with Crippen molar-refractivity contribution < 1.29 is 14.6 Å². The summed E-state index contributed by atoms with van der Waals surface area (Å²) in [4.78, 5) is 10.9. The van der Waals surface area contributed by atoms with Crippen molar-refractivity contribution >= 4 is 18.1 Å². The predicted octanol–water partition coefficient (Wildman–Crippen LogP) is 3.89. The van der Waals surface area contributed by atoms with E-state index in [-0.39, 0.29) is 5.75 Å². The second-order valence-corrected chi connectivity index (χ2v) is 5.68. The van der Waals surface area contributed by atoms with Gasteiger partial charge in [-0.15, -0.1) is 0 Å². The van der Waals surface area contributed by atoms with Gasteiger partial charge in [-0.25, -0.2) is 0 Å². The molecule has 0 saturated carbocycles. The molecule has 0 aliphatic heterocycles. The molecule has 1 atom stereocenters. The highest BCUT2D eigenvalue weighted by atomic mass is 35.5. The lowest BCUT2D eigenvalue weighted by atomic mass is 10.0. The maximum atomic E-state index is 10.9. The average Bonchev–Trinajstić information content (AvgIpc) is 3.06. The number of halogens is 1. The molecule has 0 saturated heterocycles. The summed E-state index contributed by atoms with van der Waals surface area (Å²) in [5.41, 5.74) is 2.96. The monoisotopic (exact) mass is 342 g/mol. The van der Waals surface area contributed by atoms with Gasteiger partial charge in [-0.2, -0.15) is 5.10 Å². The van der Waals surface area contributed by atoms with Gasteiger partial charge in [0, 0.05) is 17.0 Å². The van der Waals surface area contributed by atoms with Crippen molar-refractivity contribution in [1.29, 1.82) is 0 Å². The van der Waals surface area contributed by atoms with Crippen molar-refractivity contribution in [3.63, 3.8) is 0 Å². The molecule has 2 N–H and O–H groups in total. The van der Waals surface area contributed by atoms with Crippen LogP contribution >= 0.6 is 11.6 Å². The Labute approximate surface area is 143 Å². The summed E-state index contributed by atoms with van der Waals surface area (Å²) in [5, 5.41) is 17.3. The molecule has 0 aliphatic rings. The summed E-state index contributed by atoms with van der Waals surface area (Å²) in [5.74, 6) is 0.167. The minimum absolute atomic E-state index is 0.167. The molecule has 3 rings (SSSR count). The van der Waals surface area contributed by atoms with Gasteiger partial charge in [0.1, 0.15) is 17.5 Å². The van der Waals surface area contributed by atoms with E-state index in [9.17, 15) is 9.90 Å². The van der Waals surface area contributed by atoms with Crippen molar-refractivity contribution in [3.8, 4) is 17.0 Å². The first-order valence-corrected chi connectivity index (χ1v) is 7.72. The molecular formula is C18H15ClN2O3. The Morgan fingerprint density at radius 2 is 2.04 bits per heavy atom. The van der Waals surface area contributed by atoms with Crippen LogP contribution in [0, 0.1) is 0 Å². The molecule has 5 nitrogen and oxygen atoms in total. The molecule has 0 aliphatic carbocycles. The Hall–Kier alpha value is -2.79. The minimum Gasteiger partial charge on any atom is -0.508 e. The van der Waals surface area contributed by atoms with E-state index in [1.165, 1.54) is 0 Å². The third-order valence-corrected chi connectivity index (χ3v) is 4.04. The largest absolute Gasteiger partial charge is 0.508 e. The fourth-order valence-corrected chi connectivity index (χ4v) is 2.69. The number of hydrogen-bond acceptors (Lipinski definition) is 4. The fraction of sp³-hybridized carbons (Fsp3) is 0.111. The number of phenolic OH excluding ortho intramolecular Hbond substituents is 1. The molecular weight excluding hydrogens is 328 g/mol. The Morgan fingerprint density at radius 3 is 2.79 bits per heavy atom. The van der Waals surface area contributed by atoms with Gasteiger partial charge in [-0.05, 0) is 29.8 Å². The molecule has 0 amide bonds. The number of nitrogens with zero attached hydrogens (tertiary/aromatic N) is 1. The van der Waals surface area contributed by atoms with Gasteiger partial charge in [-0.1, -0.05) is 41.9 Å². The summed E-state index contributed by atoms with van der Waals surface area (Å²) < 4.78 is 5.19. The van der Waals surface area contributed by atoms with E-state index in [1.54, 1.807) is 30.3 Å². The van der Waals surface area contributed by atoms with Crippen LogP contribution in [-0.4, -0.2) is 21.8 Å². The number of aromatic amines is 1. The zero-order chi connectivity index (χ0) is 16.9. The number of nitrogens with one attached hydrogen (secondary N) is 1. The third kappa shape index (κ3) is 3.58. The molecule has 1 unspecified atom stereocenters. The number of benzene rings is 2. The SMILES string of the molecule is O=COC(Cc1ccccc1Cl)c1cc(-c2cccc(O)c2)[nH]n1. The van der Waals surface area contributed by atoms with E-state index in [2.05, 4.69) is 10.2 Å². The van der Waals surface area contributed by atoms with Crippen LogP contribution in [0.15, 0.2) is 54.6 Å². The molecule has 0 fully saturated rings. The standard InChI is InChI=1S/C18H15ClN2O3/c19-15-7-2-1-4-12(15)9-18(24-11-22)17-10-16(20-21-17)13-5-3-6-14(23)8-13/h1-8,10-11,18,23H,9H2,(H,20,21). The number of phenols is 1. The highest BCUT2D eigenvalue weighted by Gasteiger charge is 2.19. The van der Waals surface area contributed by atoms with E-state index >= 15 is 0 Å². The van der Waals surface area contributed by atoms with Crippen LogP contribution in [0.1, 0.15) is 17.4 Å². The average molecular weight is 343 g/mol. The lowest BCUT2D eigenvalue weighted by molar-refractivity contribution is -0.134. The van der Waals surface area contributed by atoms with Crippen LogP contribution in [0.4, 0.5) is 0 Å². The first-order chi connectivity index (χ1) is 11.7. The first kappa shape index (κ1) is 16.1. The van der Waals surface area contributed by atoms with Crippen molar-refractivity contribution in [1.82, 2.24) is 10.2 Å². The fourth-order valence-electron chi connectivity index (χ4n) is 2.48. The normalized spacial score (nSPS) is 11.9. The van der Waals surface area contributed by atoms with Crippen molar-refractivity contribution in [2.45, 2.75) is 12.5 Å². The van der Waals surface area contributed by atoms with Crippen LogP contribution in [0.3, 0.4) is 0 Å². The number of hydrogen-bond donors (Lipinski definition) is 2. The third-order valence-electron chi connectivity index (χ3n) is 3.67. The highest BCUT2D eigenvalue weighted by molar-refractivity contribution is 6.31. The zero-order valence-corrected chi connectivity index (χ0v) is 13.4. The highest BCUT2D eigenvalue weighted by Crippen LogP contribution is 2.28. The number of rotatable bonds is 6. The van der Waals surface area contributed by atoms with Crippen LogP contribution in [0.2, 0.25) is 5.02 Å². The number of carbonyl (C=O) groups is 1. The molecule has 1 aromatic heterocycles. The zero-order valence-electron chi connectivity index (χ0n) is 12.6. The Bertz CT molecular complexity index is 848. The van der Waals surface area contributed by atoms with Crippen LogP contribution in [0.5, 0.6) is 5.75 Å². The van der Waals surface area contributed by atoms with E-state index in [0.29, 0.717) is 23.6 Å². The number of aromatic hydroxyl groups is 1. The lowest BCUT2D eigenvalue weighted by Crippen LogP contribution is -2.08. The second kappa shape index (κ2) is 7.19. The Kier molecular flexibility index (Phi) is 4.82. The summed E-state index contributed by atoms with van der Waals surface area (Å²) in [6.07, 6.45) is -0.132. The maximum absolute atomic E-state index is 10.9.